The van der Waals surface area contributed by atoms with Crippen LogP contribution >= 0.6 is 12.4 Å². The molecule has 0 fully saturated rings. The van der Waals surface area contributed by atoms with Crippen molar-refractivity contribution in [2.75, 3.05) is 13.6 Å². The molecule has 0 unspecified atom stereocenters. The van der Waals surface area contributed by atoms with Gasteiger partial charge in [-0.15, -0.1) is 12.4 Å². The molecule has 130 valence electrons. The van der Waals surface area contributed by atoms with E-state index in [4.69, 9.17) is 10.5 Å². The van der Waals surface area contributed by atoms with Gasteiger partial charge < -0.3 is 10.5 Å². The minimum absolute atomic E-state index is 0. The Morgan fingerprint density at radius 2 is 1.71 bits per heavy atom. The molecule has 0 aliphatic carbocycles. The summed E-state index contributed by atoms with van der Waals surface area (Å²) in [6.45, 7) is 3.18. The Kier molecular flexibility index (Phi) is 8.30. The van der Waals surface area contributed by atoms with E-state index >= 15 is 0 Å². The number of amides is 1. The molecule has 4 nitrogen and oxygen atoms in total. The molecule has 1 amide bonds. The van der Waals surface area contributed by atoms with Crippen LogP contribution in [0.2, 0.25) is 0 Å². The van der Waals surface area contributed by atoms with Crippen molar-refractivity contribution in [1.82, 2.24) is 4.90 Å². The highest BCUT2D eigenvalue weighted by atomic mass is 35.5. The minimum atomic E-state index is -0.294. The first-order valence-corrected chi connectivity index (χ1v) is 7.81. The van der Waals surface area contributed by atoms with E-state index in [1.807, 2.05) is 61.3 Å². The van der Waals surface area contributed by atoms with E-state index in [0.29, 0.717) is 6.61 Å². The summed E-state index contributed by atoms with van der Waals surface area (Å²) in [6.07, 6.45) is 0.868. The maximum atomic E-state index is 11.1. The molecule has 0 saturated heterocycles. The van der Waals surface area contributed by atoms with Gasteiger partial charge in [-0.1, -0.05) is 42.5 Å². The average molecular weight is 349 g/mol. The van der Waals surface area contributed by atoms with Crippen LogP contribution in [0.5, 0.6) is 5.75 Å². The second-order valence-corrected chi connectivity index (χ2v) is 5.73. The highest BCUT2D eigenvalue weighted by Gasteiger charge is 2.14. The van der Waals surface area contributed by atoms with Gasteiger partial charge in [0.1, 0.15) is 12.4 Å². The van der Waals surface area contributed by atoms with Crippen LogP contribution in [0.25, 0.3) is 0 Å². The van der Waals surface area contributed by atoms with Gasteiger partial charge >= 0.3 is 0 Å². The fourth-order valence-corrected chi connectivity index (χ4v) is 2.21. The van der Waals surface area contributed by atoms with E-state index in [9.17, 15) is 4.79 Å². The van der Waals surface area contributed by atoms with Crippen LogP contribution in [0.15, 0.2) is 54.6 Å². The molecule has 5 heteroatoms. The molecule has 0 saturated carbocycles. The number of primary amides is 1. The van der Waals surface area contributed by atoms with Crippen molar-refractivity contribution < 1.29 is 9.53 Å². The molecule has 0 radical (unpaired) electrons. The van der Waals surface area contributed by atoms with Gasteiger partial charge in [-0.3, -0.25) is 9.69 Å². The van der Waals surface area contributed by atoms with Crippen LogP contribution in [0.4, 0.5) is 0 Å². The fraction of sp³-hybridized carbons (Fsp3) is 0.316. The molecule has 2 rings (SSSR count). The number of carbonyl (C=O) groups excluding carboxylic acids is 1. The van der Waals surface area contributed by atoms with Crippen molar-refractivity contribution in [2.24, 2.45) is 5.73 Å². The Morgan fingerprint density at radius 1 is 1.08 bits per heavy atom. The summed E-state index contributed by atoms with van der Waals surface area (Å²) in [5.74, 6) is 0.564. The number of rotatable bonds is 8. The lowest BCUT2D eigenvalue weighted by Gasteiger charge is -2.21. The number of carbonyl (C=O) groups is 1. The summed E-state index contributed by atoms with van der Waals surface area (Å²) in [7, 11) is 1.91. The first kappa shape index (κ1) is 20.0. The molecule has 0 aliphatic heterocycles. The number of likely N-dealkylation sites (N-methyl/N-ethyl adjacent to an activating group) is 1. The molecule has 0 bridgehead atoms. The summed E-state index contributed by atoms with van der Waals surface area (Å²) in [4.78, 5) is 13.1. The zero-order valence-electron chi connectivity index (χ0n) is 14.1. The standard InChI is InChI=1S/C19H24N2O2.ClH/c1-15(19(20)22)21(2)13-12-16-8-10-18(11-9-16)23-14-17-6-4-3-5-7-17;/h3-11,15H,12-14H2,1-2H3,(H2,20,22);1H/t15-;/m0./s1. The van der Waals surface area contributed by atoms with Gasteiger partial charge in [0, 0.05) is 6.54 Å². The number of hydrogen-bond donors (Lipinski definition) is 1. The molecule has 0 aliphatic rings. The highest BCUT2D eigenvalue weighted by Crippen LogP contribution is 2.15. The van der Waals surface area contributed by atoms with Gasteiger partial charge in [-0.2, -0.15) is 0 Å². The van der Waals surface area contributed by atoms with Gasteiger partial charge in [-0.05, 0) is 43.7 Å². The van der Waals surface area contributed by atoms with Crippen LogP contribution < -0.4 is 10.5 Å². The molecular formula is C19H25ClN2O2. The monoisotopic (exact) mass is 348 g/mol. The Hall–Kier alpha value is -2.04. The molecule has 2 aromatic rings. The maximum absolute atomic E-state index is 11.1. The molecule has 0 spiro atoms. The van der Waals surface area contributed by atoms with Crippen LogP contribution in [-0.2, 0) is 17.8 Å². The van der Waals surface area contributed by atoms with Crippen molar-refractivity contribution in [1.29, 1.82) is 0 Å². The smallest absolute Gasteiger partial charge is 0.234 e. The lowest BCUT2D eigenvalue weighted by molar-refractivity contribution is -0.122. The third-order valence-electron chi connectivity index (χ3n) is 4.00. The van der Waals surface area contributed by atoms with Crippen molar-refractivity contribution in [3.05, 3.63) is 65.7 Å². The molecule has 24 heavy (non-hydrogen) atoms. The Morgan fingerprint density at radius 3 is 2.29 bits per heavy atom. The first-order valence-electron chi connectivity index (χ1n) is 7.81. The number of halogens is 1. The summed E-state index contributed by atoms with van der Waals surface area (Å²) in [5.41, 5.74) is 7.67. The summed E-state index contributed by atoms with van der Waals surface area (Å²) >= 11 is 0. The Bertz CT molecular complexity index is 617. The maximum Gasteiger partial charge on any atom is 0.234 e. The number of nitrogens with zero attached hydrogens (tertiary/aromatic N) is 1. The predicted octanol–water partition coefficient (Wildman–Crippen LogP) is 3.04. The van der Waals surface area contributed by atoms with E-state index in [1.165, 1.54) is 5.56 Å². The number of ether oxygens (including phenoxy) is 1. The predicted molar refractivity (Wildman–Crippen MR) is 99.5 cm³/mol. The molecule has 0 heterocycles. The lowest BCUT2D eigenvalue weighted by Crippen LogP contribution is -2.41. The topological polar surface area (TPSA) is 55.6 Å². The Balaban J connectivity index is 0.00000288. The molecular weight excluding hydrogens is 324 g/mol. The molecule has 2 N–H and O–H groups in total. The van der Waals surface area contributed by atoms with Crippen LogP contribution in [0, 0.1) is 0 Å². The third-order valence-corrected chi connectivity index (χ3v) is 4.00. The minimum Gasteiger partial charge on any atom is -0.489 e. The summed E-state index contributed by atoms with van der Waals surface area (Å²) in [6, 6.07) is 17.9. The first-order chi connectivity index (χ1) is 11.1. The zero-order valence-corrected chi connectivity index (χ0v) is 15.0. The van der Waals surface area contributed by atoms with Crippen LogP contribution in [0.1, 0.15) is 18.1 Å². The van der Waals surface area contributed by atoms with Crippen molar-refractivity contribution >= 4 is 18.3 Å². The summed E-state index contributed by atoms with van der Waals surface area (Å²) < 4.78 is 5.77. The second-order valence-electron chi connectivity index (χ2n) is 5.73. The molecule has 1 atom stereocenters. The zero-order chi connectivity index (χ0) is 16.7. The third kappa shape index (κ3) is 6.22. The quantitative estimate of drug-likeness (QED) is 0.797. The van der Waals surface area contributed by atoms with E-state index in [-0.39, 0.29) is 24.4 Å². The van der Waals surface area contributed by atoms with E-state index in [1.54, 1.807) is 0 Å². The molecule has 0 aromatic heterocycles. The average Bonchev–Trinajstić information content (AvgIpc) is 2.59. The number of hydrogen-bond acceptors (Lipinski definition) is 3. The van der Waals surface area contributed by atoms with Gasteiger partial charge in [0.15, 0.2) is 0 Å². The van der Waals surface area contributed by atoms with E-state index in [0.717, 1.165) is 24.3 Å². The Labute approximate surface area is 150 Å². The van der Waals surface area contributed by atoms with Crippen molar-refractivity contribution in [2.45, 2.75) is 26.0 Å². The normalized spacial score (nSPS) is 11.6. The van der Waals surface area contributed by atoms with Crippen molar-refractivity contribution in [3.8, 4) is 5.75 Å². The number of benzene rings is 2. The SMILES string of the molecule is C[C@@H](C(N)=O)N(C)CCc1ccc(OCc2ccccc2)cc1.Cl. The van der Waals surface area contributed by atoms with Gasteiger partial charge in [0.25, 0.3) is 0 Å². The lowest BCUT2D eigenvalue weighted by atomic mass is 10.1. The van der Waals surface area contributed by atoms with Gasteiger partial charge in [0.05, 0.1) is 6.04 Å². The van der Waals surface area contributed by atoms with Crippen LogP contribution in [0.3, 0.4) is 0 Å². The van der Waals surface area contributed by atoms with Gasteiger partial charge in [0.2, 0.25) is 5.91 Å². The highest BCUT2D eigenvalue weighted by molar-refractivity contribution is 5.85. The van der Waals surface area contributed by atoms with E-state index < -0.39 is 0 Å². The molecule has 2 aromatic carbocycles. The van der Waals surface area contributed by atoms with Crippen molar-refractivity contribution in [3.63, 3.8) is 0 Å². The van der Waals surface area contributed by atoms with E-state index in [2.05, 4.69) is 12.1 Å². The fourth-order valence-electron chi connectivity index (χ4n) is 2.21. The van der Waals surface area contributed by atoms with Gasteiger partial charge in [-0.25, -0.2) is 0 Å². The number of nitrogens with two attached hydrogens (primary N) is 1. The largest absolute Gasteiger partial charge is 0.489 e. The van der Waals surface area contributed by atoms with Crippen LogP contribution in [-0.4, -0.2) is 30.4 Å². The second kappa shape index (κ2) is 9.96. The summed E-state index contributed by atoms with van der Waals surface area (Å²) in [5, 5.41) is 0.